The fourth-order valence-corrected chi connectivity index (χ4v) is 0.901. The molecule has 7 heteroatoms. The summed E-state index contributed by atoms with van der Waals surface area (Å²) in [5, 5.41) is 19.2. The van der Waals surface area contributed by atoms with Crippen molar-refractivity contribution in [1.82, 2.24) is 5.32 Å². The highest BCUT2D eigenvalue weighted by Crippen LogP contribution is 1.94. The zero-order chi connectivity index (χ0) is 12.6. The van der Waals surface area contributed by atoms with Crippen molar-refractivity contribution < 1.29 is 29.3 Å². The second-order valence-corrected chi connectivity index (χ2v) is 2.95. The fourth-order valence-electron chi connectivity index (χ4n) is 0.901. The molecule has 0 bridgehead atoms. The van der Waals surface area contributed by atoms with Crippen LogP contribution in [0.2, 0.25) is 0 Å². The van der Waals surface area contributed by atoms with Gasteiger partial charge in [-0.05, 0) is 6.92 Å². The largest absolute Gasteiger partial charge is 0.480 e. The number of aliphatic hydroxyl groups is 1. The van der Waals surface area contributed by atoms with Crippen molar-refractivity contribution in [2.45, 2.75) is 25.8 Å². The van der Waals surface area contributed by atoms with Crippen molar-refractivity contribution in [2.24, 2.45) is 0 Å². The topological polar surface area (TPSA) is 113 Å². The smallest absolute Gasteiger partial charge is 0.328 e. The van der Waals surface area contributed by atoms with Gasteiger partial charge in [0, 0.05) is 6.42 Å². The highest BCUT2D eigenvalue weighted by molar-refractivity contribution is 5.85. The maximum atomic E-state index is 11.1. The van der Waals surface area contributed by atoms with E-state index in [0.29, 0.717) is 0 Å². The standard InChI is InChI=1S/C9H15NO6/c1-2-16-8(13)4-3-7(12)10-6(5-11)9(14)15/h6,11H,2-5H2,1H3,(H,10,12)(H,14,15)/t6-/m1/s1. The first-order valence-electron chi connectivity index (χ1n) is 4.79. The molecule has 92 valence electrons. The zero-order valence-electron chi connectivity index (χ0n) is 8.93. The molecule has 0 aliphatic carbocycles. The Labute approximate surface area is 92.4 Å². The van der Waals surface area contributed by atoms with E-state index in [1.807, 2.05) is 0 Å². The Morgan fingerprint density at radius 1 is 1.31 bits per heavy atom. The Balaban J connectivity index is 3.89. The number of nitrogens with one attached hydrogen (secondary N) is 1. The molecule has 0 spiro atoms. The van der Waals surface area contributed by atoms with Crippen LogP contribution in [0, 0.1) is 0 Å². The number of carbonyl (C=O) groups is 3. The summed E-state index contributed by atoms with van der Waals surface area (Å²) in [6, 6.07) is -1.34. The number of hydrogen-bond donors (Lipinski definition) is 3. The lowest BCUT2D eigenvalue weighted by Gasteiger charge is -2.11. The SMILES string of the molecule is CCOC(=O)CCC(=O)N[C@H](CO)C(=O)O. The average molecular weight is 233 g/mol. The molecule has 0 aromatic heterocycles. The summed E-state index contributed by atoms with van der Waals surface area (Å²) < 4.78 is 4.59. The van der Waals surface area contributed by atoms with Gasteiger partial charge in [-0.25, -0.2) is 4.79 Å². The molecule has 0 saturated carbocycles. The highest BCUT2D eigenvalue weighted by atomic mass is 16.5. The minimum Gasteiger partial charge on any atom is -0.480 e. The van der Waals surface area contributed by atoms with Crippen LogP contribution in [0.15, 0.2) is 0 Å². The molecule has 1 atom stereocenters. The second kappa shape index (κ2) is 7.63. The fraction of sp³-hybridized carbons (Fsp3) is 0.667. The first-order chi connectivity index (χ1) is 7.51. The van der Waals surface area contributed by atoms with E-state index in [-0.39, 0.29) is 19.4 Å². The van der Waals surface area contributed by atoms with Gasteiger partial charge in [-0.2, -0.15) is 0 Å². The summed E-state index contributed by atoms with van der Waals surface area (Å²) in [4.78, 5) is 32.4. The van der Waals surface area contributed by atoms with Gasteiger partial charge in [0.2, 0.25) is 5.91 Å². The van der Waals surface area contributed by atoms with Crippen molar-refractivity contribution >= 4 is 17.8 Å². The van der Waals surface area contributed by atoms with Gasteiger partial charge in [0.15, 0.2) is 0 Å². The van der Waals surface area contributed by atoms with Gasteiger partial charge in [0.25, 0.3) is 0 Å². The zero-order valence-corrected chi connectivity index (χ0v) is 8.93. The predicted molar refractivity (Wildman–Crippen MR) is 52.5 cm³/mol. The number of carboxylic acid groups (broad SMARTS) is 1. The molecule has 0 aliphatic rings. The molecule has 0 radical (unpaired) electrons. The van der Waals surface area contributed by atoms with E-state index >= 15 is 0 Å². The van der Waals surface area contributed by atoms with E-state index in [9.17, 15) is 14.4 Å². The molecule has 0 saturated heterocycles. The summed E-state index contributed by atoms with van der Waals surface area (Å²) in [6.45, 7) is 1.18. The Kier molecular flexibility index (Phi) is 6.86. The van der Waals surface area contributed by atoms with Crippen molar-refractivity contribution in [3.05, 3.63) is 0 Å². The van der Waals surface area contributed by atoms with Crippen LogP contribution in [-0.2, 0) is 19.1 Å². The van der Waals surface area contributed by atoms with Crippen LogP contribution in [0.25, 0.3) is 0 Å². The normalized spacial score (nSPS) is 11.6. The van der Waals surface area contributed by atoms with Gasteiger partial charge < -0.3 is 20.3 Å². The highest BCUT2D eigenvalue weighted by Gasteiger charge is 2.18. The number of hydrogen-bond acceptors (Lipinski definition) is 5. The third kappa shape index (κ3) is 5.97. The van der Waals surface area contributed by atoms with E-state index in [4.69, 9.17) is 10.2 Å². The molecule has 1 amide bonds. The lowest BCUT2D eigenvalue weighted by atomic mass is 10.2. The molecule has 0 aliphatic heterocycles. The number of ether oxygens (including phenoxy) is 1. The van der Waals surface area contributed by atoms with E-state index in [1.54, 1.807) is 6.92 Å². The van der Waals surface area contributed by atoms with Crippen molar-refractivity contribution in [3.8, 4) is 0 Å². The predicted octanol–water partition coefficient (Wildman–Crippen LogP) is -1.11. The van der Waals surface area contributed by atoms with Gasteiger partial charge in [0.05, 0.1) is 19.6 Å². The summed E-state index contributed by atoms with van der Waals surface area (Å²) in [6.07, 6.45) is -0.278. The van der Waals surface area contributed by atoms with Crippen LogP contribution in [-0.4, -0.2) is 47.3 Å². The molecular weight excluding hydrogens is 218 g/mol. The molecule has 16 heavy (non-hydrogen) atoms. The first-order valence-corrected chi connectivity index (χ1v) is 4.79. The molecule has 0 fully saturated rings. The van der Waals surface area contributed by atoms with Crippen molar-refractivity contribution in [3.63, 3.8) is 0 Å². The first kappa shape index (κ1) is 14.4. The number of rotatable bonds is 7. The van der Waals surface area contributed by atoms with E-state index in [1.165, 1.54) is 0 Å². The number of aliphatic hydroxyl groups excluding tert-OH is 1. The summed E-state index contributed by atoms with van der Waals surface area (Å²) >= 11 is 0. The van der Waals surface area contributed by atoms with Crippen LogP contribution in [0.5, 0.6) is 0 Å². The van der Waals surface area contributed by atoms with Crippen LogP contribution in [0.1, 0.15) is 19.8 Å². The maximum Gasteiger partial charge on any atom is 0.328 e. The number of aliphatic carboxylic acids is 1. The Morgan fingerprint density at radius 2 is 1.94 bits per heavy atom. The molecule has 0 rings (SSSR count). The van der Waals surface area contributed by atoms with E-state index < -0.39 is 30.5 Å². The molecular formula is C9H15NO6. The van der Waals surface area contributed by atoms with Crippen molar-refractivity contribution in [1.29, 1.82) is 0 Å². The maximum absolute atomic E-state index is 11.1. The van der Waals surface area contributed by atoms with Crippen molar-refractivity contribution in [2.75, 3.05) is 13.2 Å². The summed E-state index contributed by atoms with van der Waals surface area (Å²) in [5.74, 6) is -2.46. The minimum atomic E-state index is -1.34. The van der Waals surface area contributed by atoms with Crippen LogP contribution < -0.4 is 5.32 Å². The van der Waals surface area contributed by atoms with Crippen LogP contribution in [0.3, 0.4) is 0 Å². The van der Waals surface area contributed by atoms with Gasteiger partial charge in [0.1, 0.15) is 6.04 Å². The summed E-state index contributed by atoms with van der Waals surface area (Å²) in [5.41, 5.74) is 0. The molecule has 7 nitrogen and oxygen atoms in total. The molecule has 0 heterocycles. The quantitative estimate of drug-likeness (QED) is 0.481. The Bertz CT molecular complexity index is 265. The monoisotopic (exact) mass is 233 g/mol. The molecule has 0 aromatic rings. The number of esters is 1. The minimum absolute atomic E-state index is 0.114. The number of amides is 1. The van der Waals surface area contributed by atoms with E-state index in [0.717, 1.165) is 0 Å². The lowest BCUT2D eigenvalue weighted by Crippen LogP contribution is -2.43. The summed E-state index contributed by atoms with van der Waals surface area (Å²) in [7, 11) is 0. The Morgan fingerprint density at radius 3 is 2.38 bits per heavy atom. The second-order valence-electron chi connectivity index (χ2n) is 2.95. The van der Waals surface area contributed by atoms with Gasteiger partial charge >= 0.3 is 11.9 Å². The number of carboxylic acids is 1. The van der Waals surface area contributed by atoms with Crippen LogP contribution in [0.4, 0.5) is 0 Å². The molecule has 0 unspecified atom stereocenters. The third-order valence-corrected chi connectivity index (χ3v) is 1.68. The van der Waals surface area contributed by atoms with Gasteiger partial charge in [-0.3, -0.25) is 9.59 Å². The molecule has 0 aromatic carbocycles. The Hall–Kier alpha value is -1.63. The third-order valence-electron chi connectivity index (χ3n) is 1.68. The van der Waals surface area contributed by atoms with Crippen LogP contribution >= 0.6 is 0 Å². The molecule has 3 N–H and O–H groups in total. The van der Waals surface area contributed by atoms with Gasteiger partial charge in [-0.15, -0.1) is 0 Å². The lowest BCUT2D eigenvalue weighted by molar-refractivity contribution is -0.145. The van der Waals surface area contributed by atoms with E-state index in [2.05, 4.69) is 10.1 Å². The number of carbonyl (C=O) groups excluding carboxylic acids is 2. The average Bonchev–Trinajstić information content (AvgIpc) is 2.23. The van der Waals surface area contributed by atoms with Gasteiger partial charge in [-0.1, -0.05) is 0 Å².